The van der Waals surface area contributed by atoms with Crippen molar-refractivity contribution in [3.05, 3.63) is 40.6 Å². The van der Waals surface area contributed by atoms with Gasteiger partial charge in [-0.2, -0.15) is 14.9 Å². The van der Waals surface area contributed by atoms with Crippen molar-refractivity contribution in [2.24, 2.45) is 0 Å². The minimum Gasteiger partial charge on any atom is -0.295 e. The Balaban J connectivity index is 2.36. The topological polar surface area (TPSA) is 103 Å². The molecule has 0 aliphatic heterocycles. The lowest BCUT2D eigenvalue weighted by Crippen LogP contribution is -2.17. The summed E-state index contributed by atoms with van der Waals surface area (Å²) in [5.74, 6) is 0. The number of aromatic nitrogens is 5. The third kappa shape index (κ3) is 1.24. The van der Waals surface area contributed by atoms with E-state index in [2.05, 4.69) is 20.3 Å². The zero-order valence-electron chi connectivity index (χ0n) is 8.51. The van der Waals surface area contributed by atoms with E-state index in [1.807, 2.05) is 6.07 Å². The zero-order valence-corrected chi connectivity index (χ0v) is 8.51. The molecule has 0 aliphatic carbocycles. The second-order valence-corrected chi connectivity index (χ2v) is 3.41. The third-order valence-electron chi connectivity index (χ3n) is 2.45. The van der Waals surface area contributed by atoms with Crippen LogP contribution < -0.4 is 5.56 Å². The highest BCUT2D eigenvalue weighted by atomic mass is 16.1. The fourth-order valence-electron chi connectivity index (χ4n) is 1.63. The van der Waals surface area contributed by atoms with E-state index in [1.54, 1.807) is 12.3 Å². The first-order valence-electron chi connectivity index (χ1n) is 4.80. The molecule has 3 aromatic rings. The van der Waals surface area contributed by atoms with Gasteiger partial charge in [-0.15, -0.1) is 0 Å². The monoisotopic (exact) mass is 226 g/mol. The van der Waals surface area contributed by atoms with Crippen molar-refractivity contribution in [3.63, 3.8) is 0 Å². The summed E-state index contributed by atoms with van der Waals surface area (Å²) in [6, 6.07) is 3.64. The van der Waals surface area contributed by atoms with Gasteiger partial charge < -0.3 is 0 Å². The zero-order chi connectivity index (χ0) is 11.8. The summed E-state index contributed by atoms with van der Waals surface area (Å²) >= 11 is 0. The molecule has 7 nitrogen and oxygen atoms in total. The Morgan fingerprint density at radius 3 is 3.06 bits per heavy atom. The predicted octanol–water partition coefficient (Wildman–Crippen LogP) is 0.284. The van der Waals surface area contributed by atoms with Crippen LogP contribution >= 0.6 is 0 Å². The summed E-state index contributed by atoms with van der Waals surface area (Å²) in [4.78, 5) is 16.2. The molecule has 0 amide bonds. The third-order valence-corrected chi connectivity index (χ3v) is 2.45. The molecule has 3 rings (SSSR count). The van der Waals surface area contributed by atoms with Crippen LogP contribution in [-0.4, -0.2) is 24.8 Å². The van der Waals surface area contributed by atoms with E-state index in [-0.39, 0.29) is 5.56 Å². The summed E-state index contributed by atoms with van der Waals surface area (Å²) in [6.45, 7) is 0. The summed E-state index contributed by atoms with van der Waals surface area (Å²) in [6.07, 6.45) is 4.43. The lowest BCUT2D eigenvalue weighted by atomic mass is 10.2. The highest BCUT2D eigenvalue weighted by Gasteiger charge is 2.11. The Kier molecular flexibility index (Phi) is 1.82. The van der Waals surface area contributed by atoms with Gasteiger partial charge in [0, 0.05) is 18.6 Å². The molecule has 0 atom stereocenters. The number of nitriles is 1. The normalized spacial score (nSPS) is 10.5. The van der Waals surface area contributed by atoms with Crippen LogP contribution in [0.5, 0.6) is 0 Å². The molecular formula is C10H6N6O. The molecule has 0 saturated heterocycles. The fraction of sp³-hybridized carbons (Fsp3) is 0. The number of aromatic amines is 2. The summed E-state index contributed by atoms with van der Waals surface area (Å²) in [5, 5.41) is 18.0. The summed E-state index contributed by atoms with van der Waals surface area (Å²) < 4.78 is 1.23. The van der Waals surface area contributed by atoms with Gasteiger partial charge in [0.05, 0.1) is 11.3 Å². The molecule has 2 N–H and O–H groups in total. The van der Waals surface area contributed by atoms with Crippen molar-refractivity contribution in [1.29, 1.82) is 5.26 Å². The molecule has 0 aromatic carbocycles. The van der Waals surface area contributed by atoms with Crippen molar-refractivity contribution in [1.82, 2.24) is 24.8 Å². The molecule has 0 radical (unpaired) electrons. The Hall–Kier alpha value is -2.88. The lowest BCUT2D eigenvalue weighted by molar-refractivity contribution is 0.899. The van der Waals surface area contributed by atoms with Gasteiger partial charge in [0.15, 0.2) is 5.65 Å². The van der Waals surface area contributed by atoms with Gasteiger partial charge in [-0.05, 0) is 6.07 Å². The van der Waals surface area contributed by atoms with Crippen LogP contribution in [0.15, 0.2) is 29.5 Å². The van der Waals surface area contributed by atoms with Gasteiger partial charge in [-0.1, -0.05) is 0 Å². The summed E-state index contributed by atoms with van der Waals surface area (Å²) in [5.41, 5.74) is 1.36. The first-order chi connectivity index (χ1) is 8.31. The minimum absolute atomic E-state index is 0.277. The molecule has 0 saturated carbocycles. The van der Waals surface area contributed by atoms with Crippen LogP contribution in [0, 0.1) is 11.3 Å². The summed E-state index contributed by atoms with van der Waals surface area (Å²) in [7, 11) is 0. The first-order valence-corrected chi connectivity index (χ1v) is 4.80. The molecule has 0 unspecified atom stereocenters. The van der Waals surface area contributed by atoms with Crippen molar-refractivity contribution < 1.29 is 0 Å². The lowest BCUT2D eigenvalue weighted by Gasteiger charge is -1.97. The molecule has 7 heteroatoms. The SMILES string of the molecule is N#Cc1c[nH]n2c(=O)c(-c3ccn[nH]3)cnc12. The maximum Gasteiger partial charge on any atom is 0.282 e. The molecule has 0 fully saturated rings. The highest BCUT2D eigenvalue weighted by Crippen LogP contribution is 2.11. The van der Waals surface area contributed by atoms with Crippen molar-refractivity contribution >= 4 is 5.65 Å². The van der Waals surface area contributed by atoms with Crippen molar-refractivity contribution in [3.8, 4) is 17.3 Å². The number of fused-ring (bicyclic) bond motifs is 1. The van der Waals surface area contributed by atoms with Gasteiger partial charge in [-0.25, -0.2) is 4.98 Å². The number of nitrogens with one attached hydrogen (secondary N) is 2. The van der Waals surface area contributed by atoms with Crippen LogP contribution in [0.4, 0.5) is 0 Å². The van der Waals surface area contributed by atoms with Crippen LogP contribution in [0.25, 0.3) is 16.9 Å². The molecule has 17 heavy (non-hydrogen) atoms. The second kappa shape index (κ2) is 3.31. The molecule has 3 heterocycles. The van der Waals surface area contributed by atoms with Gasteiger partial charge >= 0.3 is 0 Å². The molecule has 82 valence electrons. The van der Waals surface area contributed by atoms with Crippen LogP contribution in [0.2, 0.25) is 0 Å². The average Bonchev–Trinajstić information content (AvgIpc) is 2.97. The number of nitrogens with zero attached hydrogens (tertiary/aromatic N) is 4. The van der Waals surface area contributed by atoms with Crippen LogP contribution in [0.3, 0.4) is 0 Å². The number of H-pyrrole nitrogens is 2. The number of hydrogen-bond acceptors (Lipinski definition) is 4. The Labute approximate surface area is 94.3 Å². The van der Waals surface area contributed by atoms with E-state index >= 15 is 0 Å². The van der Waals surface area contributed by atoms with E-state index < -0.39 is 0 Å². The van der Waals surface area contributed by atoms with E-state index in [9.17, 15) is 4.79 Å². The largest absolute Gasteiger partial charge is 0.295 e. The smallest absolute Gasteiger partial charge is 0.282 e. The number of rotatable bonds is 1. The van der Waals surface area contributed by atoms with Gasteiger partial charge in [0.1, 0.15) is 11.6 Å². The minimum atomic E-state index is -0.277. The Bertz CT molecular complexity index is 773. The Morgan fingerprint density at radius 1 is 1.47 bits per heavy atom. The van der Waals surface area contributed by atoms with Crippen LogP contribution in [0.1, 0.15) is 5.56 Å². The van der Waals surface area contributed by atoms with Crippen molar-refractivity contribution in [2.45, 2.75) is 0 Å². The first kappa shape index (κ1) is 9.35. The Morgan fingerprint density at radius 2 is 2.35 bits per heavy atom. The van der Waals surface area contributed by atoms with E-state index in [0.717, 1.165) is 0 Å². The fourth-order valence-corrected chi connectivity index (χ4v) is 1.63. The predicted molar refractivity (Wildman–Crippen MR) is 58.1 cm³/mol. The maximum atomic E-state index is 12.1. The van der Waals surface area contributed by atoms with Gasteiger partial charge in [-0.3, -0.25) is 15.0 Å². The van der Waals surface area contributed by atoms with Crippen molar-refractivity contribution in [2.75, 3.05) is 0 Å². The number of hydrogen-bond donors (Lipinski definition) is 2. The van der Waals surface area contributed by atoms with Crippen LogP contribution in [-0.2, 0) is 0 Å². The molecule has 0 bridgehead atoms. The second-order valence-electron chi connectivity index (χ2n) is 3.41. The van der Waals surface area contributed by atoms with Gasteiger partial charge in [0.25, 0.3) is 5.56 Å². The molecular weight excluding hydrogens is 220 g/mol. The maximum absolute atomic E-state index is 12.1. The van der Waals surface area contributed by atoms with E-state index in [4.69, 9.17) is 5.26 Å². The van der Waals surface area contributed by atoms with E-state index in [1.165, 1.54) is 16.9 Å². The molecule has 3 aromatic heterocycles. The standard InChI is InChI=1S/C10H6N6O/c11-3-6-4-14-16-9(6)12-5-7(10(16)17)8-1-2-13-15-8/h1-2,4-5,14H,(H,13,15). The highest BCUT2D eigenvalue weighted by molar-refractivity contribution is 5.61. The average molecular weight is 226 g/mol. The quantitative estimate of drug-likeness (QED) is 0.622. The molecule has 0 aliphatic rings. The molecule has 0 spiro atoms. The van der Waals surface area contributed by atoms with Gasteiger partial charge in [0.2, 0.25) is 0 Å². The van der Waals surface area contributed by atoms with E-state index in [0.29, 0.717) is 22.5 Å².